The lowest BCUT2D eigenvalue weighted by atomic mass is 10.1. The fourth-order valence-electron chi connectivity index (χ4n) is 2.94. The number of anilines is 1. The van der Waals surface area contributed by atoms with Gasteiger partial charge in [0.2, 0.25) is 0 Å². The highest BCUT2D eigenvalue weighted by Crippen LogP contribution is 2.24. The van der Waals surface area contributed by atoms with Gasteiger partial charge in [-0.3, -0.25) is 0 Å². The summed E-state index contributed by atoms with van der Waals surface area (Å²) in [5.41, 5.74) is 3.60. The first-order chi connectivity index (χ1) is 12.2. The first kappa shape index (κ1) is 17.2. The molecule has 0 radical (unpaired) electrons. The van der Waals surface area contributed by atoms with Gasteiger partial charge >= 0.3 is 0 Å². The van der Waals surface area contributed by atoms with Crippen LogP contribution in [0, 0.1) is 0 Å². The van der Waals surface area contributed by atoms with Gasteiger partial charge in [0.15, 0.2) is 5.82 Å². The second-order valence-electron chi connectivity index (χ2n) is 5.57. The number of imidazole rings is 1. The van der Waals surface area contributed by atoms with Crippen LogP contribution in [0.4, 0.5) is 5.69 Å². The van der Waals surface area contributed by atoms with Gasteiger partial charge in [0.25, 0.3) is 0 Å². The normalized spacial score (nSPS) is 10.7. The van der Waals surface area contributed by atoms with Gasteiger partial charge in [-0.25, -0.2) is 9.19 Å². The predicted octanol–water partition coefficient (Wildman–Crippen LogP) is 3.20. The zero-order valence-corrected chi connectivity index (χ0v) is 15.4. The third kappa shape index (κ3) is 3.30. The minimum atomic E-state index is 0.469. The third-order valence-corrected chi connectivity index (χ3v) is 4.82. The van der Waals surface area contributed by atoms with Crippen molar-refractivity contribution in [2.24, 2.45) is 0 Å². The van der Waals surface area contributed by atoms with E-state index in [1.54, 1.807) is 7.11 Å². The van der Waals surface area contributed by atoms with Crippen molar-refractivity contribution < 1.29 is 8.95 Å². The number of para-hydroxylation sites is 1. The molecule has 0 atom stereocenters. The van der Waals surface area contributed by atoms with Crippen LogP contribution >= 0.6 is 0 Å². The van der Waals surface area contributed by atoms with Crippen molar-refractivity contribution in [1.29, 1.82) is 0 Å². The molecule has 2 aromatic carbocycles. The summed E-state index contributed by atoms with van der Waals surface area (Å²) in [4.78, 5) is 10.7. The molecule has 1 heterocycles. The van der Waals surface area contributed by atoms with E-state index in [1.165, 1.54) is 0 Å². The molecule has 3 aromatic rings. The van der Waals surface area contributed by atoms with Crippen LogP contribution in [0.5, 0.6) is 5.75 Å². The first-order valence-electron chi connectivity index (χ1n) is 8.27. The topological polar surface area (TPSA) is 58.2 Å². The average molecular weight is 355 g/mol. The molecule has 0 amide bonds. The van der Waals surface area contributed by atoms with E-state index >= 15 is 0 Å². The molecule has 3 rings (SSSR count). The Morgan fingerprint density at radius 1 is 1.20 bits per heavy atom. The Kier molecular flexibility index (Phi) is 5.19. The number of ether oxygens (including phenoxy) is 1. The molecular formula is C19H21N3O2S. The molecule has 0 spiro atoms. The van der Waals surface area contributed by atoms with Crippen molar-refractivity contribution in [2.75, 3.05) is 25.1 Å². The number of rotatable bonds is 6. The number of hydrogen-bond donors (Lipinski definition) is 1. The number of aromatic nitrogens is 2. The zero-order chi connectivity index (χ0) is 17.8. The van der Waals surface area contributed by atoms with Crippen molar-refractivity contribution in [1.82, 2.24) is 9.97 Å². The summed E-state index contributed by atoms with van der Waals surface area (Å²) < 4.78 is 17.2. The lowest BCUT2D eigenvalue weighted by Gasteiger charge is -2.23. The van der Waals surface area contributed by atoms with Crippen molar-refractivity contribution in [3.05, 3.63) is 53.9 Å². The molecule has 0 saturated heterocycles. The summed E-state index contributed by atoms with van der Waals surface area (Å²) in [6, 6.07) is 13.6. The quantitative estimate of drug-likeness (QED) is 0.545. The van der Waals surface area contributed by atoms with Gasteiger partial charge in [0, 0.05) is 30.4 Å². The second-order valence-corrected chi connectivity index (χ2v) is 6.15. The van der Waals surface area contributed by atoms with E-state index in [-0.39, 0.29) is 0 Å². The number of fused-ring (bicyclic) bond motifs is 1. The molecule has 25 heavy (non-hydrogen) atoms. The number of aromatic amines is 1. The fraction of sp³-hybridized carbons (Fsp3) is 0.263. The third-order valence-electron chi connectivity index (χ3n) is 4.24. The van der Waals surface area contributed by atoms with Crippen molar-refractivity contribution in [3.8, 4) is 5.75 Å². The molecule has 5 nitrogen and oxygen atoms in total. The van der Waals surface area contributed by atoms with E-state index in [9.17, 15) is 4.21 Å². The van der Waals surface area contributed by atoms with Crippen molar-refractivity contribution in [3.63, 3.8) is 0 Å². The van der Waals surface area contributed by atoms with Crippen LogP contribution < -0.4 is 9.64 Å². The number of H-pyrrole nitrogens is 1. The first-order valence-corrected chi connectivity index (χ1v) is 9.01. The largest absolute Gasteiger partial charge is 0.497 e. The molecule has 0 aliphatic rings. The van der Waals surface area contributed by atoms with Gasteiger partial charge in [0.1, 0.15) is 21.9 Å². The maximum absolute atomic E-state index is 12.0. The summed E-state index contributed by atoms with van der Waals surface area (Å²) >= 11 is 0.469. The second kappa shape index (κ2) is 7.53. The zero-order valence-electron chi connectivity index (χ0n) is 14.6. The lowest BCUT2D eigenvalue weighted by molar-refractivity contribution is 0.415. The van der Waals surface area contributed by atoms with E-state index in [0.29, 0.717) is 21.9 Å². The van der Waals surface area contributed by atoms with Crippen molar-refractivity contribution in [2.45, 2.75) is 13.8 Å². The molecule has 0 aliphatic carbocycles. The number of nitrogens with one attached hydrogen (secondary N) is 1. The van der Waals surface area contributed by atoms with Gasteiger partial charge in [0.05, 0.1) is 18.1 Å². The lowest BCUT2D eigenvalue weighted by Crippen LogP contribution is -2.24. The Hall–Kier alpha value is -2.60. The van der Waals surface area contributed by atoms with Crippen LogP contribution in [0.3, 0.4) is 0 Å². The standard InChI is InChI=1S/C19H21N3O2S/c1-4-22(5-2)17-9-7-6-8-14(17)18(25-23)19-20-15-11-10-13(24-3)12-16(15)21-19/h6-12H,4-5H2,1-3H3,(H,20,21). The van der Waals surface area contributed by atoms with Crippen LogP contribution in [0.1, 0.15) is 25.2 Å². The highest BCUT2D eigenvalue weighted by Gasteiger charge is 2.17. The molecular weight excluding hydrogens is 334 g/mol. The number of nitrogens with zero attached hydrogens (tertiary/aromatic N) is 2. The Morgan fingerprint density at radius 2 is 1.96 bits per heavy atom. The van der Waals surface area contributed by atoms with Gasteiger partial charge < -0.3 is 14.6 Å². The van der Waals surface area contributed by atoms with Crippen molar-refractivity contribution >= 4 is 32.8 Å². The van der Waals surface area contributed by atoms with Crippen LogP contribution in [-0.4, -0.2) is 39.2 Å². The summed E-state index contributed by atoms with van der Waals surface area (Å²) in [5, 5.41) is 0. The SMILES string of the molecule is CCN(CC)c1ccccc1C(=S=O)c1nc2ccc(OC)cc2[nH]1. The van der Waals surface area contributed by atoms with E-state index in [4.69, 9.17) is 4.74 Å². The van der Waals surface area contributed by atoms with E-state index in [0.717, 1.165) is 41.1 Å². The van der Waals surface area contributed by atoms with Gasteiger partial charge in [-0.15, -0.1) is 0 Å². The number of benzene rings is 2. The van der Waals surface area contributed by atoms with E-state index in [1.807, 2.05) is 42.5 Å². The minimum Gasteiger partial charge on any atom is -0.497 e. The van der Waals surface area contributed by atoms with E-state index < -0.39 is 0 Å². The highest BCUT2D eigenvalue weighted by molar-refractivity contribution is 7.67. The van der Waals surface area contributed by atoms with Crippen LogP contribution in [0.15, 0.2) is 42.5 Å². The minimum absolute atomic E-state index is 0.469. The van der Waals surface area contributed by atoms with Crippen LogP contribution in [0.2, 0.25) is 0 Å². The van der Waals surface area contributed by atoms with Crippen LogP contribution in [-0.2, 0) is 11.3 Å². The molecule has 0 fully saturated rings. The van der Waals surface area contributed by atoms with E-state index in [2.05, 4.69) is 28.7 Å². The molecule has 0 aliphatic heterocycles. The highest BCUT2D eigenvalue weighted by atomic mass is 32.1. The summed E-state index contributed by atoms with van der Waals surface area (Å²) in [6.45, 7) is 5.97. The number of hydrogen-bond acceptors (Lipinski definition) is 4. The monoisotopic (exact) mass is 355 g/mol. The Morgan fingerprint density at radius 3 is 2.64 bits per heavy atom. The maximum Gasteiger partial charge on any atom is 0.152 e. The fourth-order valence-corrected chi connectivity index (χ4v) is 3.38. The number of methoxy groups -OCH3 is 1. The molecule has 1 aromatic heterocycles. The molecule has 0 unspecified atom stereocenters. The molecule has 0 bridgehead atoms. The summed E-state index contributed by atoms with van der Waals surface area (Å²) in [5.74, 6) is 1.34. The maximum atomic E-state index is 12.0. The summed E-state index contributed by atoms with van der Waals surface area (Å²) in [7, 11) is 1.63. The molecule has 6 heteroatoms. The molecule has 1 N–H and O–H groups in total. The Balaban J connectivity index is 2.12. The van der Waals surface area contributed by atoms with Gasteiger partial charge in [-0.1, -0.05) is 18.2 Å². The Bertz CT molecular complexity index is 941. The Labute approximate surface area is 150 Å². The molecule has 130 valence electrons. The summed E-state index contributed by atoms with van der Waals surface area (Å²) in [6.07, 6.45) is 0. The predicted molar refractivity (Wildman–Crippen MR) is 104 cm³/mol. The van der Waals surface area contributed by atoms with Gasteiger partial charge in [-0.05, 0) is 32.0 Å². The van der Waals surface area contributed by atoms with Crippen LogP contribution in [0.25, 0.3) is 11.0 Å². The van der Waals surface area contributed by atoms with Gasteiger partial charge in [-0.2, -0.15) is 0 Å². The smallest absolute Gasteiger partial charge is 0.152 e. The average Bonchev–Trinajstić information content (AvgIpc) is 3.07. The molecule has 0 saturated carbocycles.